The van der Waals surface area contributed by atoms with Crippen LogP contribution in [0.4, 0.5) is 0 Å². The number of aromatic nitrogens is 1. The molecule has 0 aliphatic carbocycles. The summed E-state index contributed by atoms with van der Waals surface area (Å²) < 4.78 is 0. The maximum absolute atomic E-state index is 13.5. The molecule has 31 heavy (non-hydrogen) atoms. The molecule has 0 fully saturated rings. The highest BCUT2D eigenvalue weighted by atomic mass is 32.1. The fourth-order valence-electron chi connectivity index (χ4n) is 3.82. The molecule has 0 saturated carbocycles. The summed E-state index contributed by atoms with van der Waals surface area (Å²) in [4.78, 5) is 33.9. The SMILES string of the molecule is Cc1nc(C)c(C(=O)C2=C([O-])C(=O)N(CC[NH+](C)C)C2c2ccc(C(C)(C)C)cc2)s1. The van der Waals surface area contributed by atoms with Crippen LogP contribution in [0.15, 0.2) is 35.6 Å². The van der Waals surface area contributed by atoms with E-state index in [1.54, 1.807) is 11.8 Å². The number of quaternary nitrogens is 1. The van der Waals surface area contributed by atoms with Crippen LogP contribution in [-0.4, -0.2) is 48.8 Å². The first-order chi connectivity index (χ1) is 14.4. The average molecular weight is 442 g/mol. The molecule has 0 spiro atoms. The van der Waals surface area contributed by atoms with Crippen LogP contribution in [0.1, 0.15) is 58.3 Å². The van der Waals surface area contributed by atoms with Gasteiger partial charge in [0.05, 0.1) is 48.8 Å². The summed E-state index contributed by atoms with van der Waals surface area (Å²) in [6.45, 7) is 11.1. The maximum Gasteiger partial charge on any atom is 0.240 e. The van der Waals surface area contributed by atoms with E-state index >= 15 is 0 Å². The molecule has 1 atom stereocenters. The first kappa shape index (κ1) is 23.2. The number of aryl methyl sites for hydroxylation is 2. The van der Waals surface area contributed by atoms with Gasteiger partial charge in [0.1, 0.15) is 0 Å². The summed E-state index contributed by atoms with van der Waals surface area (Å²) in [6, 6.07) is 7.22. The molecule has 1 amide bonds. The van der Waals surface area contributed by atoms with Crippen molar-refractivity contribution >= 4 is 23.0 Å². The van der Waals surface area contributed by atoms with E-state index in [9.17, 15) is 14.7 Å². The number of rotatable bonds is 6. The smallest absolute Gasteiger partial charge is 0.240 e. The third kappa shape index (κ3) is 4.57. The first-order valence-corrected chi connectivity index (χ1v) is 11.3. The number of nitrogens with one attached hydrogen (secondary N) is 1. The number of hydrogen-bond acceptors (Lipinski definition) is 5. The lowest BCUT2D eigenvalue weighted by molar-refractivity contribution is -0.857. The first-order valence-electron chi connectivity index (χ1n) is 10.5. The minimum atomic E-state index is -0.700. The summed E-state index contributed by atoms with van der Waals surface area (Å²) in [5.74, 6) is -1.69. The molecule has 1 aromatic heterocycles. The second kappa shape index (κ2) is 8.55. The van der Waals surface area contributed by atoms with Crippen LogP contribution in [0, 0.1) is 13.8 Å². The molecule has 2 heterocycles. The number of ketones is 1. The van der Waals surface area contributed by atoms with Gasteiger partial charge < -0.3 is 14.9 Å². The lowest BCUT2D eigenvalue weighted by atomic mass is 9.85. The molecule has 0 bridgehead atoms. The Morgan fingerprint density at radius 1 is 1.19 bits per heavy atom. The molecule has 0 radical (unpaired) electrons. The van der Waals surface area contributed by atoms with E-state index in [-0.39, 0.29) is 16.8 Å². The third-order valence-electron chi connectivity index (χ3n) is 5.58. The molecule has 1 unspecified atom stereocenters. The molecule has 2 aromatic rings. The van der Waals surface area contributed by atoms with Crippen LogP contribution in [0.2, 0.25) is 0 Å². The van der Waals surface area contributed by atoms with Crippen LogP contribution < -0.4 is 10.0 Å². The van der Waals surface area contributed by atoms with Gasteiger partial charge in [0.25, 0.3) is 0 Å². The summed E-state index contributed by atoms with van der Waals surface area (Å²) in [6.07, 6.45) is 0. The minimum absolute atomic E-state index is 0.0204. The number of thiazole rings is 1. The molecule has 1 aromatic carbocycles. The predicted molar refractivity (Wildman–Crippen MR) is 120 cm³/mol. The molecule has 6 nitrogen and oxygen atoms in total. The number of Topliss-reactive ketones (excluding diaryl/α,β-unsaturated/α-hetero) is 1. The Bertz CT molecular complexity index is 1030. The van der Waals surface area contributed by atoms with Gasteiger partial charge >= 0.3 is 0 Å². The van der Waals surface area contributed by atoms with Gasteiger partial charge in [-0.05, 0) is 36.1 Å². The number of likely N-dealkylation sites (N-methyl/N-ethyl adjacent to an activating group) is 1. The highest BCUT2D eigenvalue weighted by molar-refractivity contribution is 7.14. The molecular formula is C24H31N3O3S. The van der Waals surface area contributed by atoms with E-state index < -0.39 is 17.7 Å². The molecule has 1 aliphatic heterocycles. The second-order valence-electron chi connectivity index (χ2n) is 9.45. The second-order valence-corrected chi connectivity index (χ2v) is 10.7. The Kier molecular flexibility index (Phi) is 6.39. The van der Waals surface area contributed by atoms with Crippen molar-refractivity contribution in [2.24, 2.45) is 0 Å². The monoisotopic (exact) mass is 441 g/mol. The molecular weight excluding hydrogens is 410 g/mol. The van der Waals surface area contributed by atoms with Crippen molar-refractivity contribution in [2.75, 3.05) is 27.2 Å². The largest absolute Gasteiger partial charge is 0.868 e. The van der Waals surface area contributed by atoms with Crippen molar-refractivity contribution in [3.8, 4) is 0 Å². The van der Waals surface area contributed by atoms with Crippen molar-refractivity contribution < 1.29 is 19.6 Å². The highest BCUT2D eigenvalue weighted by Crippen LogP contribution is 2.39. The summed E-state index contributed by atoms with van der Waals surface area (Å²) in [5.41, 5.74) is 2.54. The Morgan fingerprint density at radius 2 is 1.81 bits per heavy atom. The van der Waals surface area contributed by atoms with Gasteiger partial charge in [0, 0.05) is 5.57 Å². The topological polar surface area (TPSA) is 77.8 Å². The zero-order valence-corrected chi connectivity index (χ0v) is 20.1. The lowest BCUT2D eigenvalue weighted by Crippen LogP contribution is -3.06. The van der Waals surface area contributed by atoms with E-state index in [0.717, 1.165) is 21.0 Å². The predicted octanol–water partition coefficient (Wildman–Crippen LogP) is 1.58. The number of carbonyl (C=O) groups excluding carboxylic acids is 2. The zero-order valence-electron chi connectivity index (χ0n) is 19.3. The number of nitrogens with zero attached hydrogens (tertiary/aromatic N) is 2. The fourth-order valence-corrected chi connectivity index (χ4v) is 4.70. The number of hydrogen-bond donors (Lipinski definition) is 1. The van der Waals surface area contributed by atoms with Crippen molar-refractivity contribution in [3.05, 3.63) is 62.3 Å². The van der Waals surface area contributed by atoms with Gasteiger partial charge in [0.15, 0.2) is 0 Å². The Morgan fingerprint density at radius 3 is 2.29 bits per heavy atom. The van der Waals surface area contributed by atoms with Crippen LogP contribution in [0.5, 0.6) is 0 Å². The van der Waals surface area contributed by atoms with Gasteiger partial charge in [-0.1, -0.05) is 45.0 Å². The minimum Gasteiger partial charge on any atom is -0.868 e. The summed E-state index contributed by atoms with van der Waals surface area (Å²) >= 11 is 1.27. The van der Waals surface area contributed by atoms with E-state index in [0.29, 0.717) is 23.7 Å². The average Bonchev–Trinajstić information content (AvgIpc) is 3.15. The summed E-state index contributed by atoms with van der Waals surface area (Å²) in [7, 11) is 3.99. The van der Waals surface area contributed by atoms with Gasteiger partial charge in [0.2, 0.25) is 11.7 Å². The van der Waals surface area contributed by atoms with Gasteiger partial charge in [-0.2, -0.15) is 0 Å². The van der Waals surface area contributed by atoms with Gasteiger partial charge in [-0.25, -0.2) is 4.98 Å². The zero-order chi connectivity index (χ0) is 23.1. The molecule has 3 rings (SSSR count). The molecule has 0 saturated heterocycles. The van der Waals surface area contributed by atoms with Crippen molar-refractivity contribution in [1.29, 1.82) is 0 Å². The van der Waals surface area contributed by atoms with Crippen LogP contribution in [0.3, 0.4) is 0 Å². The third-order valence-corrected chi connectivity index (χ3v) is 6.66. The summed E-state index contributed by atoms with van der Waals surface area (Å²) in [5, 5.41) is 13.8. The standard InChI is InChI=1S/C24H31N3O3S/c1-14-22(31-15(2)25-14)20(28)18-19(16-8-10-17(11-9-16)24(3,4)5)27(13-12-26(6)7)23(30)21(18)29/h8-11,19,29H,12-13H2,1-7H3. The van der Waals surface area contributed by atoms with Gasteiger partial charge in [-0.15, -0.1) is 11.3 Å². The van der Waals surface area contributed by atoms with E-state index in [4.69, 9.17) is 0 Å². The molecule has 1 aliphatic rings. The fraction of sp³-hybridized carbons (Fsp3) is 0.458. The van der Waals surface area contributed by atoms with Crippen LogP contribution >= 0.6 is 11.3 Å². The van der Waals surface area contributed by atoms with E-state index in [2.05, 4.69) is 25.8 Å². The quantitative estimate of drug-likeness (QED) is 0.691. The van der Waals surface area contributed by atoms with Crippen molar-refractivity contribution in [2.45, 2.75) is 46.1 Å². The van der Waals surface area contributed by atoms with Gasteiger partial charge in [-0.3, -0.25) is 9.59 Å². The normalized spacial score (nSPS) is 17.2. The van der Waals surface area contributed by atoms with E-state index in [1.165, 1.54) is 11.3 Å². The van der Waals surface area contributed by atoms with E-state index in [1.807, 2.05) is 45.3 Å². The number of benzene rings is 1. The maximum atomic E-state index is 13.5. The lowest BCUT2D eigenvalue weighted by Gasteiger charge is -2.28. The Labute approximate surface area is 188 Å². The Balaban J connectivity index is 2.09. The Hall–Kier alpha value is -2.51. The highest BCUT2D eigenvalue weighted by Gasteiger charge is 2.40. The molecule has 1 N–H and O–H groups in total. The number of carbonyl (C=O) groups is 2. The molecule has 7 heteroatoms. The van der Waals surface area contributed by atoms with Crippen LogP contribution in [-0.2, 0) is 10.2 Å². The van der Waals surface area contributed by atoms with Crippen molar-refractivity contribution in [1.82, 2.24) is 9.88 Å². The van der Waals surface area contributed by atoms with Crippen molar-refractivity contribution in [3.63, 3.8) is 0 Å². The van der Waals surface area contributed by atoms with Crippen LogP contribution in [0.25, 0.3) is 0 Å². The number of amides is 1. The molecule has 166 valence electrons.